The summed E-state index contributed by atoms with van der Waals surface area (Å²) in [5, 5.41) is 5.42. The third kappa shape index (κ3) is 3.36. The SMILES string of the molecule is Cc1cc(C)c(-c2csc(NC(=O)c3ccc(C)nc3)n2)c(C)c1. The van der Waals surface area contributed by atoms with Gasteiger partial charge in [-0.15, -0.1) is 11.3 Å². The van der Waals surface area contributed by atoms with Crippen LogP contribution in [0.3, 0.4) is 0 Å². The molecule has 1 amide bonds. The molecule has 2 aromatic heterocycles. The van der Waals surface area contributed by atoms with E-state index in [9.17, 15) is 4.79 Å². The molecule has 0 atom stereocenters. The summed E-state index contributed by atoms with van der Waals surface area (Å²) >= 11 is 1.43. The molecule has 3 rings (SSSR count). The highest BCUT2D eigenvalue weighted by Crippen LogP contribution is 2.31. The Hall–Kier alpha value is -2.53. The number of carbonyl (C=O) groups is 1. The predicted molar refractivity (Wildman–Crippen MR) is 98.7 cm³/mol. The van der Waals surface area contributed by atoms with Gasteiger partial charge in [-0.2, -0.15) is 0 Å². The van der Waals surface area contributed by atoms with Crippen LogP contribution in [0, 0.1) is 27.7 Å². The van der Waals surface area contributed by atoms with Crippen LogP contribution in [0.15, 0.2) is 35.8 Å². The second kappa shape index (κ2) is 6.53. The Morgan fingerprint density at radius 2 is 1.79 bits per heavy atom. The molecule has 0 bridgehead atoms. The highest BCUT2D eigenvalue weighted by molar-refractivity contribution is 7.14. The van der Waals surface area contributed by atoms with E-state index in [2.05, 4.69) is 48.2 Å². The van der Waals surface area contributed by atoms with E-state index in [1.54, 1.807) is 12.3 Å². The first-order valence-electron chi connectivity index (χ1n) is 7.72. The number of hydrogen-bond donors (Lipinski definition) is 1. The zero-order chi connectivity index (χ0) is 17.3. The van der Waals surface area contributed by atoms with E-state index < -0.39 is 0 Å². The second-order valence-electron chi connectivity index (χ2n) is 5.95. The molecule has 0 fully saturated rings. The highest BCUT2D eigenvalue weighted by Gasteiger charge is 2.13. The monoisotopic (exact) mass is 337 g/mol. The van der Waals surface area contributed by atoms with Gasteiger partial charge in [0.1, 0.15) is 0 Å². The van der Waals surface area contributed by atoms with Crippen molar-refractivity contribution in [3.63, 3.8) is 0 Å². The standard InChI is InChI=1S/C19H19N3OS/c1-11-7-12(2)17(13(3)8-11)16-10-24-19(21-16)22-18(23)15-6-5-14(4)20-9-15/h5-10H,1-4H3,(H,21,22,23). The normalized spacial score (nSPS) is 10.7. The van der Waals surface area contributed by atoms with Crippen LogP contribution in [0.4, 0.5) is 5.13 Å². The largest absolute Gasteiger partial charge is 0.298 e. The number of pyridine rings is 1. The zero-order valence-corrected chi connectivity index (χ0v) is 15.0. The van der Waals surface area contributed by atoms with Gasteiger partial charge < -0.3 is 0 Å². The van der Waals surface area contributed by atoms with Crippen molar-refractivity contribution in [2.24, 2.45) is 0 Å². The Morgan fingerprint density at radius 1 is 1.08 bits per heavy atom. The maximum atomic E-state index is 12.3. The van der Waals surface area contributed by atoms with E-state index in [1.165, 1.54) is 28.0 Å². The van der Waals surface area contributed by atoms with Crippen LogP contribution in [-0.4, -0.2) is 15.9 Å². The molecular weight excluding hydrogens is 318 g/mol. The van der Waals surface area contributed by atoms with Gasteiger partial charge in [-0.3, -0.25) is 15.1 Å². The fourth-order valence-corrected chi connectivity index (χ4v) is 3.50. The van der Waals surface area contributed by atoms with Gasteiger partial charge in [-0.1, -0.05) is 17.7 Å². The Morgan fingerprint density at radius 3 is 2.42 bits per heavy atom. The molecule has 0 spiro atoms. The molecule has 0 aliphatic heterocycles. The van der Waals surface area contributed by atoms with Gasteiger partial charge in [0.2, 0.25) is 0 Å². The summed E-state index contributed by atoms with van der Waals surface area (Å²) in [6, 6.07) is 7.89. The first-order chi connectivity index (χ1) is 11.4. The number of benzene rings is 1. The lowest BCUT2D eigenvalue weighted by molar-refractivity contribution is 0.102. The average Bonchev–Trinajstić information content (AvgIpc) is 2.95. The summed E-state index contributed by atoms with van der Waals surface area (Å²) in [5.74, 6) is -0.194. The summed E-state index contributed by atoms with van der Waals surface area (Å²) in [5.41, 5.74) is 7.07. The molecule has 2 heterocycles. The topological polar surface area (TPSA) is 54.9 Å². The van der Waals surface area contributed by atoms with E-state index in [0.717, 1.165) is 17.0 Å². The third-order valence-corrected chi connectivity index (χ3v) is 4.59. The van der Waals surface area contributed by atoms with E-state index in [0.29, 0.717) is 10.7 Å². The van der Waals surface area contributed by atoms with Crippen LogP contribution in [0.25, 0.3) is 11.3 Å². The van der Waals surface area contributed by atoms with Crippen molar-refractivity contribution in [2.75, 3.05) is 5.32 Å². The Labute approximate surface area is 145 Å². The van der Waals surface area contributed by atoms with Crippen LogP contribution in [0.5, 0.6) is 0 Å². The van der Waals surface area contributed by atoms with Crippen molar-refractivity contribution in [3.8, 4) is 11.3 Å². The van der Waals surface area contributed by atoms with Gasteiger partial charge in [0.15, 0.2) is 5.13 Å². The quantitative estimate of drug-likeness (QED) is 0.754. The van der Waals surface area contributed by atoms with Crippen molar-refractivity contribution < 1.29 is 4.79 Å². The minimum atomic E-state index is -0.194. The van der Waals surface area contributed by atoms with E-state index in [4.69, 9.17) is 0 Å². The molecule has 0 aliphatic carbocycles. The summed E-state index contributed by atoms with van der Waals surface area (Å²) in [4.78, 5) is 21.0. The number of nitrogens with zero attached hydrogens (tertiary/aromatic N) is 2. The number of aromatic nitrogens is 2. The first-order valence-corrected chi connectivity index (χ1v) is 8.60. The van der Waals surface area contributed by atoms with Crippen molar-refractivity contribution in [3.05, 3.63) is 63.8 Å². The molecule has 1 N–H and O–H groups in total. The number of thiazole rings is 1. The zero-order valence-electron chi connectivity index (χ0n) is 14.2. The molecular formula is C19H19N3OS. The minimum absolute atomic E-state index is 0.194. The molecule has 0 saturated carbocycles. The van der Waals surface area contributed by atoms with Crippen LogP contribution in [0.2, 0.25) is 0 Å². The number of aryl methyl sites for hydroxylation is 4. The molecule has 24 heavy (non-hydrogen) atoms. The lowest BCUT2D eigenvalue weighted by Gasteiger charge is -2.08. The molecule has 3 aromatic rings. The maximum absolute atomic E-state index is 12.3. The minimum Gasteiger partial charge on any atom is -0.298 e. The van der Waals surface area contributed by atoms with Crippen molar-refractivity contribution in [1.82, 2.24) is 9.97 Å². The molecule has 122 valence electrons. The summed E-state index contributed by atoms with van der Waals surface area (Å²) in [6.07, 6.45) is 1.58. The Bertz CT molecular complexity index is 874. The van der Waals surface area contributed by atoms with E-state index in [-0.39, 0.29) is 5.91 Å². The molecule has 0 unspecified atom stereocenters. The fourth-order valence-electron chi connectivity index (χ4n) is 2.80. The fraction of sp³-hybridized carbons (Fsp3) is 0.211. The molecule has 5 heteroatoms. The van der Waals surface area contributed by atoms with Gasteiger partial charge in [-0.25, -0.2) is 4.98 Å². The van der Waals surface area contributed by atoms with Gasteiger partial charge >= 0.3 is 0 Å². The second-order valence-corrected chi connectivity index (χ2v) is 6.81. The number of anilines is 1. The van der Waals surface area contributed by atoms with Gasteiger partial charge in [0.25, 0.3) is 5.91 Å². The molecule has 4 nitrogen and oxygen atoms in total. The van der Waals surface area contributed by atoms with E-state index in [1.807, 2.05) is 18.4 Å². The number of amides is 1. The van der Waals surface area contributed by atoms with Gasteiger partial charge in [0.05, 0.1) is 11.3 Å². The van der Waals surface area contributed by atoms with Crippen molar-refractivity contribution in [2.45, 2.75) is 27.7 Å². The van der Waals surface area contributed by atoms with Gasteiger partial charge in [0, 0.05) is 22.8 Å². The van der Waals surface area contributed by atoms with Crippen molar-refractivity contribution in [1.29, 1.82) is 0 Å². The Kier molecular flexibility index (Phi) is 4.44. The number of nitrogens with one attached hydrogen (secondary N) is 1. The van der Waals surface area contributed by atoms with Crippen LogP contribution < -0.4 is 5.32 Å². The first kappa shape index (κ1) is 16.3. The molecule has 0 aliphatic rings. The van der Waals surface area contributed by atoms with Crippen LogP contribution in [-0.2, 0) is 0 Å². The van der Waals surface area contributed by atoms with E-state index >= 15 is 0 Å². The average molecular weight is 337 g/mol. The number of carbonyl (C=O) groups excluding carboxylic acids is 1. The van der Waals surface area contributed by atoms with Crippen molar-refractivity contribution >= 4 is 22.4 Å². The third-order valence-electron chi connectivity index (χ3n) is 3.83. The highest BCUT2D eigenvalue weighted by atomic mass is 32.1. The maximum Gasteiger partial charge on any atom is 0.259 e. The smallest absolute Gasteiger partial charge is 0.259 e. The van der Waals surface area contributed by atoms with Crippen LogP contribution in [0.1, 0.15) is 32.7 Å². The number of rotatable bonds is 3. The number of hydrogen-bond acceptors (Lipinski definition) is 4. The molecule has 0 radical (unpaired) electrons. The lowest BCUT2D eigenvalue weighted by Crippen LogP contribution is -2.12. The Balaban J connectivity index is 1.84. The summed E-state index contributed by atoms with van der Waals surface area (Å²) in [7, 11) is 0. The predicted octanol–water partition coefficient (Wildman–Crippen LogP) is 4.69. The molecule has 1 aromatic carbocycles. The van der Waals surface area contributed by atoms with Gasteiger partial charge in [-0.05, 0) is 51.0 Å². The van der Waals surface area contributed by atoms with Crippen LogP contribution >= 0.6 is 11.3 Å². The summed E-state index contributed by atoms with van der Waals surface area (Å²) < 4.78 is 0. The molecule has 0 saturated heterocycles. The lowest BCUT2D eigenvalue weighted by atomic mass is 9.98. The summed E-state index contributed by atoms with van der Waals surface area (Å²) in [6.45, 7) is 8.16.